The molecule has 1 unspecified atom stereocenters. The molecule has 1 aromatic carbocycles. The molecule has 1 atom stereocenters. The van der Waals surface area contributed by atoms with Crippen molar-refractivity contribution >= 4 is 6.09 Å². The average molecular weight is 283 g/mol. The van der Waals surface area contributed by atoms with E-state index in [2.05, 4.69) is 5.32 Å². The Morgan fingerprint density at radius 3 is 2.25 bits per heavy atom. The summed E-state index contributed by atoms with van der Waals surface area (Å²) < 4.78 is 18.1. The monoisotopic (exact) mass is 283 g/mol. The fourth-order valence-corrected chi connectivity index (χ4v) is 1.68. The van der Waals surface area contributed by atoms with Crippen LogP contribution in [0.3, 0.4) is 0 Å². The molecule has 0 aliphatic rings. The van der Waals surface area contributed by atoms with E-state index in [0.29, 0.717) is 0 Å². The molecule has 0 saturated carbocycles. The van der Waals surface area contributed by atoms with Crippen molar-refractivity contribution in [3.05, 3.63) is 35.6 Å². The Kier molecular flexibility index (Phi) is 5.11. The Labute approximate surface area is 119 Å². The van der Waals surface area contributed by atoms with Crippen LogP contribution in [-0.4, -0.2) is 30.0 Å². The highest BCUT2D eigenvalue weighted by Crippen LogP contribution is 2.23. The van der Waals surface area contributed by atoms with Crippen LogP contribution in [0.2, 0.25) is 0 Å². The van der Waals surface area contributed by atoms with Gasteiger partial charge in [0.2, 0.25) is 0 Å². The molecule has 0 radical (unpaired) electrons. The number of hydrogen-bond donors (Lipinski definition) is 2. The molecule has 1 rings (SSSR count). The molecule has 112 valence electrons. The second kappa shape index (κ2) is 6.22. The predicted molar refractivity (Wildman–Crippen MR) is 75.1 cm³/mol. The normalized spacial score (nSPS) is 14.5. The van der Waals surface area contributed by atoms with Crippen molar-refractivity contribution in [2.45, 2.75) is 38.7 Å². The highest BCUT2D eigenvalue weighted by Gasteiger charge is 2.27. The number of amides is 1. The first-order chi connectivity index (χ1) is 9.16. The lowest BCUT2D eigenvalue weighted by Gasteiger charge is -2.29. The minimum absolute atomic E-state index is 0.172. The van der Waals surface area contributed by atoms with E-state index in [1.165, 1.54) is 12.1 Å². The molecule has 0 saturated heterocycles. The van der Waals surface area contributed by atoms with Gasteiger partial charge in [0.25, 0.3) is 0 Å². The maximum absolute atomic E-state index is 12.9. The predicted octanol–water partition coefficient (Wildman–Crippen LogP) is 2.60. The first-order valence-corrected chi connectivity index (χ1v) is 6.50. The summed E-state index contributed by atoms with van der Waals surface area (Å²) in [5.74, 6) is -0.339. The molecule has 1 aromatic rings. The van der Waals surface area contributed by atoms with Crippen LogP contribution in [0.4, 0.5) is 9.18 Å². The van der Waals surface area contributed by atoms with Gasteiger partial charge in [-0.1, -0.05) is 19.1 Å². The van der Waals surface area contributed by atoms with Gasteiger partial charge >= 0.3 is 6.09 Å². The van der Waals surface area contributed by atoms with E-state index in [1.807, 2.05) is 0 Å². The van der Waals surface area contributed by atoms with Crippen molar-refractivity contribution in [1.82, 2.24) is 5.32 Å². The average Bonchev–Trinajstić information content (AvgIpc) is 2.35. The van der Waals surface area contributed by atoms with Crippen LogP contribution in [0, 0.1) is 5.82 Å². The molecule has 2 N–H and O–H groups in total. The molecule has 0 aromatic heterocycles. The van der Waals surface area contributed by atoms with Gasteiger partial charge in [-0.15, -0.1) is 0 Å². The van der Waals surface area contributed by atoms with E-state index in [-0.39, 0.29) is 19.0 Å². The molecule has 20 heavy (non-hydrogen) atoms. The number of rotatable bonds is 4. The van der Waals surface area contributed by atoms with Gasteiger partial charge < -0.3 is 15.2 Å². The van der Waals surface area contributed by atoms with Gasteiger partial charge in [-0.2, -0.15) is 0 Å². The summed E-state index contributed by atoms with van der Waals surface area (Å²) in [6.07, 6.45) is -0.542. The van der Waals surface area contributed by atoms with Gasteiger partial charge in [-0.3, -0.25) is 0 Å². The Hall–Kier alpha value is -1.62. The van der Waals surface area contributed by atoms with E-state index in [0.717, 1.165) is 5.56 Å². The zero-order valence-electron chi connectivity index (χ0n) is 12.4. The van der Waals surface area contributed by atoms with Crippen LogP contribution >= 0.6 is 0 Å². The van der Waals surface area contributed by atoms with E-state index in [4.69, 9.17) is 4.74 Å². The second-order valence-corrected chi connectivity index (χ2v) is 6.08. The van der Waals surface area contributed by atoms with Crippen molar-refractivity contribution in [3.63, 3.8) is 0 Å². The standard InChI is InChI=1S/C15H22FNO3/c1-14(2,3)20-13(19)17-9-15(4,10-18)11-5-7-12(16)8-6-11/h5-8,18H,9-10H2,1-4H3,(H,17,19). The summed E-state index contributed by atoms with van der Waals surface area (Å²) in [5.41, 5.74) is -0.516. The third-order valence-electron chi connectivity index (χ3n) is 2.91. The van der Waals surface area contributed by atoms with E-state index in [9.17, 15) is 14.3 Å². The van der Waals surface area contributed by atoms with E-state index < -0.39 is 17.1 Å². The molecule has 0 fully saturated rings. The minimum Gasteiger partial charge on any atom is -0.444 e. The number of aliphatic hydroxyl groups excluding tert-OH is 1. The SMILES string of the molecule is CC(C)(C)OC(=O)NCC(C)(CO)c1ccc(F)cc1. The van der Waals surface area contributed by atoms with Gasteiger partial charge in [-0.05, 0) is 38.5 Å². The lowest BCUT2D eigenvalue weighted by molar-refractivity contribution is 0.0506. The quantitative estimate of drug-likeness (QED) is 0.893. The molecule has 0 spiro atoms. The van der Waals surface area contributed by atoms with Gasteiger partial charge in [0.05, 0.1) is 6.61 Å². The first kappa shape index (κ1) is 16.4. The summed E-state index contributed by atoms with van der Waals surface area (Å²) in [6, 6.07) is 5.86. The number of carbonyl (C=O) groups is 1. The molecular formula is C15H22FNO3. The van der Waals surface area contributed by atoms with E-state index in [1.54, 1.807) is 39.8 Å². The Morgan fingerprint density at radius 1 is 1.25 bits per heavy atom. The zero-order valence-corrected chi connectivity index (χ0v) is 12.4. The highest BCUT2D eigenvalue weighted by atomic mass is 19.1. The molecule has 0 aliphatic carbocycles. The van der Waals surface area contributed by atoms with Crippen molar-refractivity contribution in [1.29, 1.82) is 0 Å². The van der Waals surface area contributed by atoms with Crippen molar-refractivity contribution in [2.75, 3.05) is 13.2 Å². The number of halogens is 1. The van der Waals surface area contributed by atoms with Crippen molar-refractivity contribution in [3.8, 4) is 0 Å². The lowest BCUT2D eigenvalue weighted by Crippen LogP contribution is -2.43. The first-order valence-electron chi connectivity index (χ1n) is 6.50. The topological polar surface area (TPSA) is 58.6 Å². The Bertz CT molecular complexity index is 453. The third kappa shape index (κ3) is 4.81. The molecule has 0 heterocycles. The molecule has 5 heteroatoms. The molecule has 4 nitrogen and oxygen atoms in total. The summed E-state index contributed by atoms with van der Waals surface area (Å²) in [4.78, 5) is 11.6. The van der Waals surface area contributed by atoms with E-state index >= 15 is 0 Å². The smallest absolute Gasteiger partial charge is 0.407 e. The number of carbonyl (C=O) groups excluding carboxylic acids is 1. The molecule has 0 bridgehead atoms. The van der Waals surface area contributed by atoms with Gasteiger partial charge in [0.1, 0.15) is 11.4 Å². The van der Waals surface area contributed by atoms with Gasteiger partial charge in [0.15, 0.2) is 0 Å². The number of hydrogen-bond acceptors (Lipinski definition) is 3. The highest BCUT2D eigenvalue weighted by molar-refractivity contribution is 5.67. The number of ether oxygens (including phenoxy) is 1. The molecule has 0 aliphatic heterocycles. The zero-order chi connectivity index (χ0) is 15.4. The Balaban J connectivity index is 2.71. The fraction of sp³-hybridized carbons (Fsp3) is 0.533. The van der Waals surface area contributed by atoms with Gasteiger partial charge in [-0.25, -0.2) is 9.18 Å². The fourth-order valence-electron chi connectivity index (χ4n) is 1.68. The largest absolute Gasteiger partial charge is 0.444 e. The summed E-state index contributed by atoms with van der Waals surface area (Å²) in [5, 5.41) is 12.2. The van der Waals surface area contributed by atoms with Crippen LogP contribution in [0.25, 0.3) is 0 Å². The van der Waals surface area contributed by atoms with Crippen LogP contribution in [0.15, 0.2) is 24.3 Å². The van der Waals surface area contributed by atoms with Crippen LogP contribution in [-0.2, 0) is 10.2 Å². The molecular weight excluding hydrogens is 261 g/mol. The summed E-state index contributed by atoms with van der Waals surface area (Å²) >= 11 is 0. The molecule has 1 amide bonds. The number of aliphatic hydroxyl groups is 1. The number of benzene rings is 1. The summed E-state index contributed by atoms with van der Waals surface area (Å²) in [7, 11) is 0. The second-order valence-electron chi connectivity index (χ2n) is 6.08. The van der Waals surface area contributed by atoms with Crippen LogP contribution < -0.4 is 5.32 Å². The van der Waals surface area contributed by atoms with Crippen molar-refractivity contribution in [2.24, 2.45) is 0 Å². The number of nitrogens with one attached hydrogen (secondary N) is 1. The number of alkyl carbamates (subject to hydrolysis) is 1. The minimum atomic E-state index is -0.690. The summed E-state index contributed by atoms with van der Waals surface area (Å²) in [6.45, 7) is 7.14. The van der Waals surface area contributed by atoms with Crippen LogP contribution in [0.5, 0.6) is 0 Å². The lowest BCUT2D eigenvalue weighted by atomic mass is 9.83. The van der Waals surface area contributed by atoms with Crippen molar-refractivity contribution < 1.29 is 19.0 Å². The third-order valence-corrected chi connectivity index (χ3v) is 2.91. The maximum atomic E-state index is 12.9. The van der Waals surface area contributed by atoms with Crippen LogP contribution in [0.1, 0.15) is 33.3 Å². The Morgan fingerprint density at radius 2 is 1.80 bits per heavy atom. The maximum Gasteiger partial charge on any atom is 0.407 e. The van der Waals surface area contributed by atoms with Gasteiger partial charge in [0, 0.05) is 12.0 Å².